The number of amides is 1. The summed E-state index contributed by atoms with van der Waals surface area (Å²) < 4.78 is 0. The number of carbonyl (C=O) groups excluding carboxylic acids is 1. The molecule has 0 saturated carbocycles. The fourth-order valence-electron chi connectivity index (χ4n) is 1.59. The number of halogens is 1. The van der Waals surface area contributed by atoms with E-state index in [4.69, 9.17) is 11.6 Å². The molecule has 7 nitrogen and oxygen atoms in total. The maximum absolute atomic E-state index is 11.7. The van der Waals surface area contributed by atoms with Crippen LogP contribution < -0.4 is 16.4 Å². The fourth-order valence-corrected chi connectivity index (χ4v) is 1.82. The predicted octanol–water partition coefficient (Wildman–Crippen LogP) is 1.20. The summed E-state index contributed by atoms with van der Waals surface area (Å²) in [5, 5.41) is 7.96. The summed E-state index contributed by atoms with van der Waals surface area (Å²) in [7, 11) is 0. The van der Waals surface area contributed by atoms with E-state index in [1.165, 1.54) is 6.92 Å². The molecule has 0 atom stereocenters. The Bertz CT molecular complexity index is 701. The van der Waals surface area contributed by atoms with Crippen molar-refractivity contribution in [3.8, 4) is 0 Å². The van der Waals surface area contributed by atoms with Crippen LogP contribution in [-0.2, 0) is 11.2 Å². The van der Waals surface area contributed by atoms with Crippen molar-refractivity contribution in [1.82, 2.24) is 20.6 Å². The second kappa shape index (κ2) is 6.85. The number of H-pyrrole nitrogens is 1. The molecule has 2 rings (SSSR count). The summed E-state index contributed by atoms with van der Waals surface area (Å²) in [6.45, 7) is 1.54. The van der Waals surface area contributed by atoms with E-state index in [0.29, 0.717) is 11.4 Å². The summed E-state index contributed by atoms with van der Waals surface area (Å²) >= 11 is 6.01. The molecule has 0 bridgehead atoms. The standard InChI is InChI=1S/C13H14ClN5O2/c1-8-12(21)15-13(18-16-8)19-17-11(20)7-6-9-4-2-3-5-10(9)14/h2-5H,6-7H2,1H3,(H,17,20)(H2,15,18,19,21). The Hall–Kier alpha value is -2.41. The second-order valence-corrected chi connectivity index (χ2v) is 4.76. The monoisotopic (exact) mass is 307 g/mol. The predicted molar refractivity (Wildman–Crippen MR) is 78.9 cm³/mol. The largest absolute Gasteiger partial charge is 0.288 e. The molecular formula is C13H14ClN5O2. The van der Waals surface area contributed by atoms with Gasteiger partial charge in [0.05, 0.1) is 0 Å². The zero-order valence-electron chi connectivity index (χ0n) is 11.3. The van der Waals surface area contributed by atoms with Gasteiger partial charge in [-0.05, 0) is 25.0 Å². The molecule has 1 aromatic carbocycles. The maximum Gasteiger partial charge on any atom is 0.274 e. The van der Waals surface area contributed by atoms with E-state index in [0.717, 1.165) is 5.56 Å². The molecule has 21 heavy (non-hydrogen) atoms. The minimum Gasteiger partial charge on any atom is -0.288 e. The van der Waals surface area contributed by atoms with Crippen LogP contribution in [0.4, 0.5) is 5.95 Å². The molecule has 0 aliphatic heterocycles. The smallest absolute Gasteiger partial charge is 0.274 e. The van der Waals surface area contributed by atoms with Crippen LogP contribution in [0, 0.1) is 6.92 Å². The van der Waals surface area contributed by atoms with Gasteiger partial charge in [-0.25, -0.2) is 0 Å². The van der Waals surface area contributed by atoms with Crippen molar-refractivity contribution in [1.29, 1.82) is 0 Å². The summed E-state index contributed by atoms with van der Waals surface area (Å²) in [6.07, 6.45) is 0.767. The molecule has 0 fully saturated rings. The molecule has 2 aromatic rings. The van der Waals surface area contributed by atoms with Crippen LogP contribution in [-0.4, -0.2) is 21.1 Å². The van der Waals surface area contributed by atoms with Crippen molar-refractivity contribution in [3.63, 3.8) is 0 Å². The van der Waals surface area contributed by atoms with E-state index in [1.54, 1.807) is 6.07 Å². The lowest BCUT2D eigenvalue weighted by molar-refractivity contribution is -0.120. The molecule has 0 aliphatic carbocycles. The van der Waals surface area contributed by atoms with Gasteiger partial charge in [-0.2, -0.15) is 0 Å². The average Bonchev–Trinajstić information content (AvgIpc) is 2.47. The van der Waals surface area contributed by atoms with E-state index < -0.39 is 0 Å². The number of aryl methyl sites for hydroxylation is 2. The van der Waals surface area contributed by atoms with Crippen LogP contribution >= 0.6 is 11.6 Å². The van der Waals surface area contributed by atoms with Gasteiger partial charge in [-0.15, -0.1) is 10.2 Å². The second-order valence-electron chi connectivity index (χ2n) is 4.35. The van der Waals surface area contributed by atoms with Gasteiger partial charge >= 0.3 is 0 Å². The molecule has 1 amide bonds. The van der Waals surface area contributed by atoms with Crippen LogP contribution in [0.3, 0.4) is 0 Å². The van der Waals surface area contributed by atoms with E-state index in [2.05, 4.69) is 26.0 Å². The molecule has 8 heteroatoms. The first-order valence-electron chi connectivity index (χ1n) is 6.28. The summed E-state index contributed by atoms with van der Waals surface area (Å²) in [5.41, 5.74) is 5.73. The van der Waals surface area contributed by atoms with E-state index in [-0.39, 0.29) is 29.5 Å². The number of aromatic amines is 1. The highest BCUT2D eigenvalue weighted by atomic mass is 35.5. The van der Waals surface area contributed by atoms with Gasteiger partial charge in [0.1, 0.15) is 5.69 Å². The fraction of sp³-hybridized carbons (Fsp3) is 0.231. The van der Waals surface area contributed by atoms with Crippen molar-refractivity contribution in [2.24, 2.45) is 0 Å². The Kier molecular flexibility index (Phi) is 4.89. The molecule has 0 saturated heterocycles. The molecule has 0 spiro atoms. The van der Waals surface area contributed by atoms with E-state index in [1.807, 2.05) is 18.2 Å². The quantitative estimate of drug-likeness (QED) is 0.721. The minimum absolute atomic E-state index is 0.0803. The number of nitrogens with zero attached hydrogens (tertiary/aromatic N) is 2. The third-order valence-electron chi connectivity index (χ3n) is 2.76. The van der Waals surface area contributed by atoms with Crippen LogP contribution in [0.2, 0.25) is 5.02 Å². The van der Waals surface area contributed by atoms with Gasteiger partial charge < -0.3 is 0 Å². The number of aromatic nitrogens is 3. The first kappa shape index (κ1) is 15.0. The topological polar surface area (TPSA) is 99.8 Å². The highest BCUT2D eigenvalue weighted by Crippen LogP contribution is 2.16. The highest BCUT2D eigenvalue weighted by molar-refractivity contribution is 6.31. The summed E-state index contributed by atoms with van der Waals surface area (Å²) in [5.74, 6) is -0.171. The summed E-state index contributed by atoms with van der Waals surface area (Å²) in [4.78, 5) is 25.4. The number of benzene rings is 1. The van der Waals surface area contributed by atoms with Gasteiger partial charge in [-0.1, -0.05) is 29.8 Å². The molecule has 1 aromatic heterocycles. The molecule has 0 aliphatic rings. The lowest BCUT2D eigenvalue weighted by Gasteiger charge is -2.07. The van der Waals surface area contributed by atoms with E-state index in [9.17, 15) is 9.59 Å². The molecule has 0 unspecified atom stereocenters. The van der Waals surface area contributed by atoms with Gasteiger partial charge in [0.25, 0.3) is 5.56 Å². The third-order valence-corrected chi connectivity index (χ3v) is 3.13. The maximum atomic E-state index is 11.7. The zero-order valence-corrected chi connectivity index (χ0v) is 12.1. The van der Waals surface area contributed by atoms with Gasteiger partial charge in [0.2, 0.25) is 11.9 Å². The first-order chi connectivity index (χ1) is 10.1. The number of hydrogen-bond donors (Lipinski definition) is 3. The number of rotatable bonds is 5. The van der Waals surface area contributed by atoms with Crippen molar-refractivity contribution in [2.75, 3.05) is 5.43 Å². The Morgan fingerprint density at radius 1 is 1.33 bits per heavy atom. The molecule has 110 valence electrons. The number of nitrogens with one attached hydrogen (secondary N) is 3. The molecule has 0 radical (unpaired) electrons. The normalized spacial score (nSPS) is 10.2. The molecule has 1 heterocycles. The van der Waals surface area contributed by atoms with Crippen molar-refractivity contribution in [3.05, 3.63) is 50.9 Å². The third kappa shape index (κ3) is 4.28. The van der Waals surface area contributed by atoms with Crippen LogP contribution in [0.25, 0.3) is 0 Å². The number of anilines is 1. The van der Waals surface area contributed by atoms with Crippen LogP contribution in [0.5, 0.6) is 0 Å². The number of hydrogen-bond acceptors (Lipinski definition) is 5. The van der Waals surface area contributed by atoms with Gasteiger partial charge in [0.15, 0.2) is 0 Å². The SMILES string of the molecule is Cc1nnc(NNC(=O)CCc2ccccc2Cl)[nH]c1=O. The van der Waals surface area contributed by atoms with E-state index >= 15 is 0 Å². The average molecular weight is 308 g/mol. The van der Waals surface area contributed by atoms with Crippen molar-refractivity contribution in [2.45, 2.75) is 19.8 Å². The van der Waals surface area contributed by atoms with Crippen molar-refractivity contribution < 1.29 is 4.79 Å². The summed E-state index contributed by atoms with van der Waals surface area (Å²) in [6, 6.07) is 7.34. The zero-order chi connectivity index (χ0) is 15.2. The Morgan fingerprint density at radius 3 is 2.81 bits per heavy atom. The number of hydrazine groups is 1. The van der Waals surface area contributed by atoms with Crippen LogP contribution in [0.1, 0.15) is 17.7 Å². The van der Waals surface area contributed by atoms with Gasteiger partial charge in [0, 0.05) is 11.4 Å². The van der Waals surface area contributed by atoms with Crippen LogP contribution in [0.15, 0.2) is 29.1 Å². The Labute approximate surface area is 125 Å². The minimum atomic E-state index is -0.363. The molecule has 3 N–H and O–H groups in total. The molecular weight excluding hydrogens is 294 g/mol. The Morgan fingerprint density at radius 2 is 2.10 bits per heavy atom. The lowest BCUT2D eigenvalue weighted by atomic mass is 10.1. The van der Waals surface area contributed by atoms with Crippen molar-refractivity contribution >= 4 is 23.5 Å². The highest BCUT2D eigenvalue weighted by Gasteiger charge is 2.05. The lowest BCUT2D eigenvalue weighted by Crippen LogP contribution is -2.32. The number of carbonyl (C=O) groups is 1. The first-order valence-corrected chi connectivity index (χ1v) is 6.66. The van der Waals surface area contributed by atoms with Gasteiger partial charge in [-0.3, -0.25) is 25.4 Å². The Balaban J connectivity index is 1.84.